The van der Waals surface area contributed by atoms with Crippen molar-refractivity contribution in [2.24, 2.45) is 0 Å². The van der Waals surface area contributed by atoms with Crippen molar-refractivity contribution in [1.29, 1.82) is 0 Å². The van der Waals surface area contributed by atoms with Crippen LogP contribution in [-0.4, -0.2) is 42.9 Å². The molecule has 2 atom stereocenters. The van der Waals surface area contributed by atoms with Crippen molar-refractivity contribution in [2.45, 2.75) is 32.0 Å². The third kappa shape index (κ3) is 3.55. The number of methoxy groups -OCH3 is 1. The van der Waals surface area contributed by atoms with Crippen molar-refractivity contribution in [3.63, 3.8) is 0 Å². The highest BCUT2D eigenvalue weighted by atomic mass is 16.5. The van der Waals surface area contributed by atoms with Gasteiger partial charge in [0, 0.05) is 20.2 Å². The number of aliphatic hydroxyl groups excluding tert-OH is 1. The fourth-order valence-electron chi connectivity index (χ4n) is 2.51. The van der Waals surface area contributed by atoms with Crippen LogP contribution >= 0.6 is 0 Å². The Morgan fingerprint density at radius 3 is 2.78 bits per heavy atom. The predicted octanol–water partition coefficient (Wildman–Crippen LogP) is 2.14. The molecule has 1 aliphatic rings. The zero-order valence-electron chi connectivity index (χ0n) is 11.3. The number of rotatable bonds is 4. The van der Waals surface area contributed by atoms with Crippen LogP contribution in [0.25, 0.3) is 0 Å². The molecule has 0 saturated carbocycles. The Balaban J connectivity index is 1.90. The van der Waals surface area contributed by atoms with Gasteiger partial charge in [-0.1, -0.05) is 29.8 Å². The summed E-state index contributed by atoms with van der Waals surface area (Å²) in [6, 6.07) is 8.12. The molecule has 1 saturated heterocycles. The third-order valence-electron chi connectivity index (χ3n) is 3.69. The van der Waals surface area contributed by atoms with E-state index in [2.05, 4.69) is 11.8 Å². The van der Waals surface area contributed by atoms with E-state index in [4.69, 9.17) is 4.74 Å². The maximum absolute atomic E-state index is 10.2. The van der Waals surface area contributed by atoms with Crippen molar-refractivity contribution in [3.05, 3.63) is 35.4 Å². The number of aryl methyl sites for hydroxylation is 1. The summed E-state index contributed by atoms with van der Waals surface area (Å²) < 4.78 is 5.40. The Morgan fingerprint density at radius 2 is 2.11 bits per heavy atom. The van der Waals surface area contributed by atoms with Gasteiger partial charge in [0.2, 0.25) is 0 Å². The van der Waals surface area contributed by atoms with Gasteiger partial charge in [0.25, 0.3) is 0 Å². The van der Waals surface area contributed by atoms with Crippen LogP contribution in [0.1, 0.15) is 30.1 Å². The first-order chi connectivity index (χ1) is 8.69. The second-order valence-electron chi connectivity index (χ2n) is 5.19. The average Bonchev–Trinajstić information content (AvgIpc) is 2.39. The average molecular weight is 249 g/mol. The summed E-state index contributed by atoms with van der Waals surface area (Å²) >= 11 is 0. The molecule has 1 aliphatic heterocycles. The number of hydrogen-bond donors (Lipinski definition) is 1. The van der Waals surface area contributed by atoms with Crippen LogP contribution in [0.15, 0.2) is 24.3 Å². The third-order valence-corrected chi connectivity index (χ3v) is 3.69. The molecular weight excluding hydrogens is 226 g/mol. The normalized spacial score (nSPS) is 22.9. The number of β-amino-alcohol motifs (C(OH)–C–C–N with tert-alkyl or cyclic N) is 1. The van der Waals surface area contributed by atoms with E-state index < -0.39 is 6.10 Å². The quantitative estimate of drug-likeness (QED) is 0.887. The molecule has 3 heteroatoms. The van der Waals surface area contributed by atoms with Crippen molar-refractivity contribution in [2.75, 3.05) is 26.7 Å². The molecule has 0 bridgehead atoms. The standard InChI is InChI=1S/C15H23NO2/c1-12-5-7-13(8-6-12)15(17)11-16-9-3-4-14(10-16)18-2/h5-8,14-15,17H,3-4,9-11H2,1-2H3. The van der Waals surface area contributed by atoms with Gasteiger partial charge in [-0.25, -0.2) is 0 Å². The largest absolute Gasteiger partial charge is 0.387 e. The Labute approximate surface area is 109 Å². The molecule has 2 rings (SSSR count). The highest BCUT2D eigenvalue weighted by Crippen LogP contribution is 2.19. The van der Waals surface area contributed by atoms with Crippen LogP contribution in [-0.2, 0) is 4.74 Å². The predicted molar refractivity (Wildman–Crippen MR) is 72.6 cm³/mol. The number of ether oxygens (including phenoxy) is 1. The van der Waals surface area contributed by atoms with Gasteiger partial charge < -0.3 is 9.84 Å². The van der Waals surface area contributed by atoms with Crippen LogP contribution in [0.5, 0.6) is 0 Å². The molecule has 0 amide bonds. The summed E-state index contributed by atoms with van der Waals surface area (Å²) in [5, 5.41) is 10.2. The minimum absolute atomic E-state index is 0.323. The highest BCUT2D eigenvalue weighted by molar-refractivity contribution is 5.23. The molecule has 18 heavy (non-hydrogen) atoms. The van der Waals surface area contributed by atoms with E-state index >= 15 is 0 Å². The number of benzene rings is 1. The van der Waals surface area contributed by atoms with Crippen LogP contribution in [0.3, 0.4) is 0 Å². The molecule has 1 aromatic carbocycles. The summed E-state index contributed by atoms with van der Waals surface area (Å²) in [6.07, 6.45) is 2.21. The monoisotopic (exact) mass is 249 g/mol. The molecule has 0 aromatic heterocycles. The molecule has 0 spiro atoms. The minimum atomic E-state index is -0.402. The Morgan fingerprint density at radius 1 is 1.39 bits per heavy atom. The topological polar surface area (TPSA) is 32.7 Å². The van der Waals surface area contributed by atoms with E-state index in [1.807, 2.05) is 24.3 Å². The first-order valence-electron chi connectivity index (χ1n) is 6.69. The first-order valence-corrected chi connectivity index (χ1v) is 6.69. The van der Waals surface area contributed by atoms with Crippen molar-refractivity contribution in [3.8, 4) is 0 Å². The second kappa shape index (κ2) is 6.32. The van der Waals surface area contributed by atoms with Gasteiger partial charge in [-0.15, -0.1) is 0 Å². The lowest BCUT2D eigenvalue weighted by Crippen LogP contribution is -2.41. The van der Waals surface area contributed by atoms with E-state index in [0.717, 1.165) is 31.5 Å². The number of piperidine rings is 1. The number of hydrogen-bond acceptors (Lipinski definition) is 3. The number of likely N-dealkylation sites (tertiary alicyclic amines) is 1. The van der Waals surface area contributed by atoms with E-state index in [1.165, 1.54) is 5.56 Å². The lowest BCUT2D eigenvalue weighted by Gasteiger charge is -2.33. The summed E-state index contributed by atoms with van der Waals surface area (Å²) in [4.78, 5) is 2.29. The Hall–Kier alpha value is -0.900. The van der Waals surface area contributed by atoms with Gasteiger partial charge in [-0.2, -0.15) is 0 Å². The summed E-state index contributed by atoms with van der Waals surface area (Å²) in [5.41, 5.74) is 2.23. The lowest BCUT2D eigenvalue weighted by molar-refractivity contribution is 0.0128. The zero-order valence-corrected chi connectivity index (χ0v) is 11.3. The van der Waals surface area contributed by atoms with Gasteiger partial charge in [-0.05, 0) is 31.9 Å². The van der Waals surface area contributed by atoms with Crippen LogP contribution in [0.4, 0.5) is 0 Å². The Kier molecular flexibility index (Phi) is 4.75. The highest BCUT2D eigenvalue weighted by Gasteiger charge is 2.21. The van der Waals surface area contributed by atoms with Crippen LogP contribution in [0, 0.1) is 6.92 Å². The number of aliphatic hydroxyl groups is 1. The molecule has 2 unspecified atom stereocenters. The van der Waals surface area contributed by atoms with E-state index in [-0.39, 0.29) is 0 Å². The first kappa shape index (κ1) is 13.5. The molecule has 100 valence electrons. The SMILES string of the molecule is COC1CCCN(CC(O)c2ccc(C)cc2)C1. The fourth-order valence-corrected chi connectivity index (χ4v) is 2.51. The van der Waals surface area contributed by atoms with Gasteiger partial charge in [0.05, 0.1) is 12.2 Å². The van der Waals surface area contributed by atoms with Crippen molar-refractivity contribution in [1.82, 2.24) is 4.90 Å². The van der Waals surface area contributed by atoms with Gasteiger partial charge in [0.15, 0.2) is 0 Å². The molecular formula is C15H23NO2. The van der Waals surface area contributed by atoms with E-state index in [1.54, 1.807) is 7.11 Å². The van der Waals surface area contributed by atoms with Gasteiger partial charge in [0.1, 0.15) is 0 Å². The molecule has 3 nitrogen and oxygen atoms in total. The smallest absolute Gasteiger partial charge is 0.0916 e. The minimum Gasteiger partial charge on any atom is -0.387 e. The maximum Gasteiger partial charge on any atom is 0.0916 e. The van der Waals surface area contributed by atoms with E-state index in [9.17, 15) is 5.11 Å². The molecule has 1 heterocycles. The van der Waals surface area contributed by atoms with Crippen LogP contribution in [0.2, 0.25) is 0 Å². The van der Waals surface area contributed by atoms with Crippen molar-refractivity contribution >= 4 is 0 Å². The molecule has 1 fully saturated rings. The summed E-state index contributed by atoms with van der Waals surface area (Å²) in [7, 11) is 1.77. The molecule has 1 N–H and O–H groups in total. The number of nitrogens with zero attached hydrogens (tertiary/aromatic N) is 1. The molecule has 0 aliphatic carbocycles. The Bertz CT molecular complexity index is 363. The zero-order chi connectivity index (χ0) is 13.0. The van der Waals surface area contributed by atoms with Crippen molar-refractivity contribution < 1.29 is 9.84 Å². The van der Waals surface area contributed by atoms with Crippen LogP contribution < -0.4 is 0 Å². The second-order valence-corrected chi connectivity index (χ2v) is 5.19. The van der Waals surface area contributed by atoms with E-state index in [0.29, 0.717) is 12.6 Å². The van der Waals surface area contributed by atoms with Gasteiger partial charge in [-0.3, -0.25) is 4.90 Å². The maximum atomic E-state index is 10.2. The fraction of sp³-hybridized carbons (Fsp3) is 0.600. The molecule has 1 aromatic rings. The lowest BCUT2D eigenvalue weighted by atomic mass is 10.0. The van der Waals surface area contributed by atoms with Gasteiger partial charge >= 0.3 is 0 Å². The molecule has 0 radical (unpaired) electrons. The summed E-state index contributed by atoms with van der Waals surface area (Å²) in [5.74, 6) is 0. The summed E-state index contributed by atoms with van der Waals surface area (Å²) in [6.45, 7) is 4.75.